The van der Waals surface area contributed by atoms with Crippen LogP contribution in [-0.2, 0) is 16.6 Å². The summed E-state index contributed by atoms with van der Waals surface area (Å²) in [4.78, 5) is 9.01. The molecular formula is C17H17N3O2S. The van der Waals surface area contributed by atoms with Gasteiger partial charge in [-0.05, 0) is 43.2 Å². The third-order valence-corrected chi connectivity index (χ3v) is 5.12. The molecule has 0 amide bonds. The van der Waals surface area contributed by atoms with Crippen molar-refractivity contribution < 1.29 is 8.42 Å². The van der Waals surface area contributed by atoms with Crippen LogP contribution in [0, 0.1) is 13.8 Å². The lowest BCUT2D eigenvalue weighted by Crippen LogP contribution is -2.24. The van der Waals surface area contributed by atoms with E-state index in [9.17, 15) is 8.42 Å². The van der Waals surface area contributed by atoms with Crippen molar-refractivity contribution in [2.75, 3.05) is 0 Å². The summed E-state index contributed by atoms with van der Waals surface area (Å²) in [5.74, 6) is 0. The van der Waals surface area contributed by atoms with E-state index >= 15 is 0 Å². The minimum atomic E-state index is -3.58. The maximum Gasteiger partial charge on any atom is 0.241 e. The van der Waals surface area contributed by atoms with E-state index in [0.29, 0.717) is 16.2 Å². The summed E-state index contributed by atoms with van der Waals surface area (Å²) in [7, 11) is -3.58. The van der Waals surface area contributed by atoms with E-state index in [1.54, 1.807) is 25.3 Å². The van der Waals surface area contributed by atoms with Crippen molar-refractivity contribution in [3.8, 4) is 0 Å². The summed E-state index contributed by atoms with van der Waals surface area (Å²) in [6, 6.07) is 12.9. The topological polar surface area (TPSA) is 72.0 Å². The molecule has 0 unspecified atom stereocenters. The zero-order valence-corrected chi connectivity index (χ0v) is 13.8. The van der Waals surface area contributed by atoms with Crippen molar-refractivity contribution >= 4 is 21.1 Å². The highest BCUT2D eigenvalue weighted by Crippen LogP contribution is 2.17. The molecule has 1 aromatic heterocycles. The number of nitrogens with one attached hydrogen (secondary N) is 1. The third kappa shape index (κ3) is 3.38. The summed E-state index contributed by atoms with van der Waals surface area (Å²) in [5, 5.41) is 0. The van der Waals surface area contributed by atoms with Gasteiger partial charge in [-0.3, -0.25) is 4.98 Å². The number of nitrogens with zero attached hydrogens (tertiary/aromatic N) is 2. The zero-order chi connectivity index (χ0) is 16.4. The molecule has 3 aromatic rings. The molecule has 0 aliphatic rings. The van der Waals surface area contributed by atoms with Crippen LogP contribution in [-0.4, -0.2) is 18.4 Å². The quantitative estimate of drug-likeness (QED) is 0.800. The first kappa shape index (κ1) is 15.6. The Bertz CT molecular complexity index is 968. The van der Waals surface area contributed by atoms with Crippen molar-refractivity contribution in [3.05, 3.63) is 65.5 Å². The van der Waals surface area contributed by atoms with Gasteiger partial charge in [0.15, 0.2) is 0 Å². The normalized spacial score (nSPS) is 11.7. The fourth-order valence-corrected chi connectivity index (χ4v) is 3.65. The summed E-state index contributed by atoms with van der Waals surface area (Å²) < 4.78 is 27.6. The molecule has 0 atom stereocenters. The Morgan fingerprint density at radius 1 is 1.04 bits per heavy atom. The second-order valence-corrected chi connectivity index (χ2v) is 7.18. The van der Waals surface area contributed by atoms with Gasteiger partial charge in [0.1, 0.15) is 0 Å². The number of aryl methyl sites for hydroxylation is 2. The van der Waals surface area contributed by atoms with Crippen LogP contribution in [0.5, 0.6) is 0 Å². The third-order valence-electron chi connectivity index (χ3n) is 3.57. The Hall–Kier alpha value is -2.31. The van der Waals surface area contributed by atoms with Crippen LogP contribution < -0.4 is 4.72 Å². The van der Waals surface area contributed by atoms with E-state index in [-0.39, 0.29) is 6.54 Å². The highest BCUT2D eigenvalue weighted by atomic mass is 32.2. The van der Waals surface area contributed by atoms with Crippen LogP contribution in [0.4, 0.5) is 0 Å². The molecule has 1 heterocycles. The Balaban J connectivity index is 1.84. The second-order valence-electron chi connectivity index (χ2n) is 5.44. The van der Waals surface area contributed by atoms with Crippen molar-refractivity contribution in [1.82, 2.24) is 14.7 Å². The fourth-order valence-electron chi connectivity index (χ4n) is 2.32. The first-order valence-corrected chi connectivity index (χ1v) is 8.71. The predicted octanol–water partition coefficient (Wildman–Crippen LogP) is 2.73. The second kappa shape index (κ2) is 6.06. The van der Waals surface area contributed by atoms with Crippen LogP contribution in [0.25, 0.3) is 11.0 Å². The molecule has 0 saturated carbocycles. The van der Waals surface area contributed by atoms with Crippen molar-refractivity contribution in [2.45, 2.75) is 25.3 Å². The summed E-state index contributed by atoms with van der Waals surface area (Å²) in [6.07, 6.45) is 1.59. The molecule has 23 heavy (non-hydrogen) atoms. The standard InChI is InChI=1S/C17H17N3O2S/c1-12-7-8-13(2)17(9-12)23(21,22)19-11-14-10-18-15-5-3-4-6-16(15)20-14/h3-10,19H,11H2,1-2H3. The van der Waals surface area contributed by atoms with Gasteiger partial charge in [-0.25, -0.2) is 18.1 Å². The van der Waals surface area contributed by atoms with Gasteiger partial charge in [0, 0.05) is 0 Å². The average Bonchev–Trinajstić information content (AvgIpc) is 2.55. The molecule has 0 saturated heterocycles. The van der Waals surface area contributed by atoms with Gasteiger partial charge >= 0.3 is 0 Å². The van der Waals surface area contributed by atoms with E-state index in [2.05, 4.69) is 14.7 Å². The lowest BCUT2D eigenvalue weighted by Gasteiger charge is -2.10. The van der Waals surface area contributed by atoms with Gasteiger partial charge in [0.25, 0.3) is 0 Å². The fraction of sp³-hybridized carbons (Fsp3) is 0.176. The van der Waals surface area contributed by atoms with Crippen LogP contribution >= 0.6 is 0 Å². The Labute approximate surface area is 135 Å². The largest absolute Gasteiger partial charge is 0.253 e. The van der Waals surface area contributed by atoms with Gasteiger partial charge in [0.2, 0.25) is 10.0 Å². The van der Waals surface area contributed by atoms with Gasteiger partial charge < -0.3 is 0 Å². The first-order chi connectivity index (χ1) is 11.0. The van der Waals surface area contributed by atoms with Crippen LogP contribution in [0.3, 0.4) is 0 Å². The monoisotopic (exact) mass is 327 g/mol. The molecule has 6 heteroatoms. The summed E-state index contributed by atoms with van der Waals surface area (Å²) in [6.45, 7) is 3.75. The molecule has 0 bridgehead atoms. The first-order valence-electron chi connectivity index (χ1n) is 7.23. The van der Waals surface area contributed by atoms with E-state index in [4.69, 9.17) is 0 Å². The molecule has 118 valence electrons. The number of fused-ring (bicyclic) bond motifs is 1. The molecule has 0 radical (unpaired) electrons. The summed E-state index contributed by atoms with van der Waals surface area (Å²) in [5.41, 5.74) is 3.73. The van der Waals surface area contributed by atoms with Crippen molar-refractivity contribution in [1.29, 1.82) is 0 Å². The molecule has 3 rings (SSSR count). The van der Waals surface area contributed by atoms with E-state index in [0.717, 1.165) is 16.6 Å². The lowest BCUT2D eigenvalue weighted by atomic mass is 10.2. The van der Waals surface area contributed by atoms with E-state index in [1.165, 1.54) is 0 Å². The number of para-hydroxylation sites is 2. The van der Waals surface area contributed by atoms with E-state index < -0.39 is 10.0 Å². The molecule has 0 aliphatic heterocycles. The molecule has 5 nitrogen and oxygen atoms in total. The van der Waals surface area contributed by atoms with Crippen molar-refractivity contribution in [2.24, 2.45) is 0 Å². The van der Waals surface area contributed by atoms with Crippen molar-refractivity contribution in [3.63, 3.8) is 0 Å². The van der Waals surface area contributed by atoms with E-state index in [1.807, 2.05) is 37.3 Å². The predicted molar refractivity (Wildman–Crippen MR) is 89.5 cm³/mol. The van der Waals surface area contributed by atoms with Gasteiger partial charge in [-0.1, -0.05) is 24.3 Å². The molecular weight excluding hydrogens is 310 g/mol. The maximum atomic E-state index is 12.5. The number of rotatable bonds is 4. The lowest BCUT2D eigenvalue weighted by molar-refractivity contribution is 0.579. The number of hydrogen-bond donors (Lipinski definition) is 1. The molecule has 0 aliphatic carbocycles. The number of aromatic nitrogens is 2. The van der Waals surface area contributed by atoms with Crippen LogP contribution in [0.2, 0.25) is 0 Å². The molecule has 1 N–H and O–H groups in total. The average molecular weight is 327 g/mol. The Morgan fingerprint density at radius 2 is 1.78 bits per heavy atom. The molecule has 2 aromatic carbocycles. The van der Waals surface area contributed by atoms with Gasteiger partial charge in [0.05, 0.1) is 34.4 Å². The smallest absolute Gasteiger partial charge is 0.241 e. The molecule has 0 fully saturated rings. The summed E-state index contributed by atoms with van der Waals surface area (Å²) >= 11 is 0. The van der Waals surface area contributed by atoms with Crippen LogP contribution in [0.15, 0.2) is 53.6 Å². The number of sulfonamides is 1. The minimum Gasteiger partial charge on any atom is -0.253 e. The molecule has 0 spiro atoms. The SMILES string of the molecule is Cc1ccc(C)c(S(=O)(=O)NCc2cnc3ccccc3n2)c1. The highest BCUT2D eigenvalue weighted by molar-refractivity contribution is 7.89. The van der Waals surface area contributed by atoms with Gasteiger partial charge in [-0.2, -0.15) is 0 Å². The number of hydrogen-bond acceptors (Lipinski definition) is 4. The highest BCUT2D eigenvalue weighted by Gasteiger charge is 2.17. The van der Waals surface area contributed by atoms with Crippen LogP contribution in [0.1, 0.15) is 16.8 Å². The number of benzene rings is 2. The zero-order valence-electron chi connectivity index (χ0n) is 12.9. The Kier molecular flexibility index (Phi) is 4.11. The Morgan fingerprint density at radius 3 is 2.57 bits per heavy atom. The van der Waals surface area contributed by atoms with Gasteiger partial charge in [-0.15, -0.1) is 0 Å². The minimum absolute atomic E-state index is 0.105. The maximum absolute atomic E-state index is 12.5.